The van der Waals surface area contributed by atoms with Gasteiger partial charge in [-0.05, 0) is 39.0 Å². The van der Waals surface area contributed by atoms with Crippen LogP contribution < -0.4 is 5.32 Å². The van der Waals surface area contributed by atoms with Crippen LogP contribution in [-0.2, 0) is 0 Å². The maximum atomic E-state index is 11.3. The lowest BCUT2D eigenvalue weighted by Crippen LogP contribution is -2.12. The fraction of sp³-hybridized carbons (Fsp3) is 0.286. The number of aromatic carboxylic acids is 1. The predicted octanol–water partition coefficient (Wildman–Crippen LogP) is 3.93. The summed E-state index contributed by atoms with van der Waals surface area (Å²) in [5.41, 5.74) is 2.53. The highest BCUT2D eigenvalue weighted by Gasteiger charge is 2.18. The van der Waals surface area contributed by atoms with E-state index < -0.39 is 5.97 Å². The van der Waals surface area contributed by atoms with E-state index in [2.05, 4.69) is 26.4 Å². The van der Waals surface area contributed by atoms with Gasteiger partial charge in [0.1, 0.15) is 5.76 Å². The van der Waals surface area contributed by atoms with E-state index >= 15 is 0 Å². The minimum atomic E-state index is -0.972. The van der Waals surface area contributed by atoms with E-state index in [0.29, 0.717) is 5.69 Å². The molecule has 0 radical (unpaired) electrons. The molecule has 1 aromatic heterocycles. The second-order valence-corrected chi connectivity index (χ2v) is 5.51. The summed E-state index contributed by atoms with van der Waals surface area (Å²) >= 11 is 3.28. The first-order valence-corrected chi connectivity index (χ1v) is 6.91. The van der Waals surface area contributed by atoms with E-state index in [1.807, 2.05) is 20.8 Å². The van der Waals surface area contributed by atoms with Gasteiger partial charge < -0.3 is 14.9 Å². The minimum Gasteiger partial charge on any atom is -0.478 e. The van der Waals surface area contributed by atoms with Crippen LogP contribution in [0.4, 0.5) is 5.69 Å². The summed E-state index contributed by atoms with van der Waals surface area (Å²) in [6.07, 6.45) is 0. The third-order valence-corrected chi connectivity index (χ3v) is 3.60. The van der Waals surface area contributed by atoms with Gasteiger partial charge in [-0.3, -0.25) is 0 Å². The molecule has 2 rings (SSSR count). The first-order valence-electron chi connectivity index (χ1n) is 6.12. The van der Waals surface area contributed by atoms with Gasteiger partial charge in [-0.15, -0.1) is 0 Å². The molecular formula is C14H15BrN2O3. The molecule has 0 spiro atoms. The zero-order chi connectivity index (χ0) is 14.9. The normalized spacial score (nSPS) is 12.2. The van der Waals surface area contributed by atoms with Crippen molar-refractivity contribution in [2.24, 2.45) is 0 Å². The van der Waals surface area contributed by atoms with E-state index in [1.165, 1.54) is 0 Å². The quantitative estimate of drug-likeness (QED) is 0.883. The van der Waals surface area contributed by atoms with Gasteiger partial charge in [-0.2, -0.15) is 0 Å². The number of anilines is 1. The number of aryl methyl sites for hydroxylation is 2. The fourth-order valence-electron chi connectivity index (χ4n) is 2.23. The highest BCUT2D eigenvalue weighted by Crippen LogP contribution is 2.28. The van der Waals surface area contributed by atoms with Crippen molar-refractivity contribution in [3.05, 3.63) is 45.3 Å². The molecule has 1 heterocycles. The Balaban J connectivity index is 2.33. The molecule has 0 aliphatic heterocycles. The summed E-state index contributed by atoms with van der Waals surface area (Å²) in [5.74, 6) is -0.240. The maximum absolute atomic E-state index is 11.3. The van der Waals surface area contributed by atoms with E-state index in [9.17, 15) is 9.90 Å². The van der Waals surface area contributed by atoms with Gasteiger partial charge in [0, 0.05) is 15.7 Å². The molecule has 0 aliphatic carbocycles. The molecule has 1 unspecified atom stereocenters. The van der Waals surface area contributed by atoms with Crippen LogP contribution >= 0.6 is 15.9 Å². The van der Waals surface area contributed by atoms with Gasteiger partial charge in [0.15, 0.2) is 0 Å². The average molecular weight is 339 g/mol. The molecule has 1 aromatic carbocycles. The summed E-state index contributed by atoms with van der Waals surface area (Å²) in [6.45, 7) is 5.65. The SMILES string of the molecule is Cc1noc(C)c1C(C)Nc1ccc(Br)cc1C(=O)O. The van der Waals surface area contributed by atoms with Crippen molar-refractivity contribution in [1.82, 2.24) is 5.16 Å². The van der Waals surface area contributed by atoms with Crippen LogP contribution in [0.1, 0.15) is 40.3 Å². The van der Waals surface area contributed by atoms with Gasteiger partial charge in [-0.1, -0.05) is 21.1 Å². The van der Waals surface area contributed by atoms with Gasteiger partial charge >= 0.3 is 5.97 Å². The number of rotatable bonds is 4. The molecule has 0 aliphatic rings. The Morgan fingerprint density at radius 2 is 2.15 bits per heavy atom. The number of halogens is 1. The molecule has 0 saturated carbocycles. The number of nitrogens with one attached hydrogen (secondary N) is 1. The lowest BCUT2D eigenvalue weighted by molar-refractivity contribution is 0.0698. The van der Waals surface area contributed by atoms with E-state index in [4.69, 9.17) is 4.52 Å². The summed E-state index contributed by atoms with van der Waals surface area (Å²) < 4.78 is 5.86. The molecular weight excluding hydrogens is 324 g/mol. The number of carbonyl (C=O) groups is 1. The van der Waals surface area contributed by atoms with Gasteiger partial charge in [-0.25, -0.2) is 4.79 Å². The monoisotopic (exact) mass is 338 g/mol. The number of benzene rings is 1. The molecule has 0 amide bonds. The largest absolute Gasteiger partial charge is 0.478 e. The van der Waals surface area contributed by atoms with Crippen molar-refractivity contribution in [2.75, 3.05) is 5.32 Å². The first-order chi connectivity index (χ1) is 9.40. The van der Waals surface area contributed by atoms with Crippen LogP contribution in [0.5, 0.6) is 0 Å². The number of hydrogen-bond donors (Lipinski definition) is 2. The Kier molecular flexibility index (Phi) is 4.13. The predicted molar refractivity (Wildman–Crippen MR) is 79.1 cm³/mol. The number of nitrogens with zero attached hydrogens (tertiary/aromatic N) is 1. The Labute approximate surface area is 125 Å². The highest BCUT2D eigenvalue weighted by atomic mass is 79.9. The first kappa shape index (κ1) is 14.6. The fourth-order valence-corrected chi connectivity index (χ4v) is 2.59. The summed E-state index contributed by atoms with van der Waals surface area (Å²) in [6, 6.07) is 5.02. The molecule has 1 atom stereocenters. The van der Waals surface area contributed by atoms with Crippen molar-refractivity contribution in [1.29, 1.82) is 0 Å². The molecule has 20 heavy (non-hydrogen) atoms. The molecule has 106 valence electrons. The van der Waals surface area contributed by atoms with Crippen LogP contribution in [0.3, 0.4) is 0 Å². The topological polar surface area (TPSA) is 75.4 Å². The van der Waals surface area contributed by atoms with Crippen LogP contribution in [0, 0.1) is 13.8 Å². The average Bonchev–Trinajstić information content (AvgIpc) is 2.71. The summed E-state index contributed by atoms with van der Waals surface area (Å²) in [5, 5.41) is 16.4. The minimum absolute atomic E-state index is 0.0967. The van der Waals surface area contributed by atoms with Crippen molar-refractivity contribution in [2.45, 2.75) is 26.8 Å². The van der Waals surface area contributed by atoms with E-state index in [0.717, 1.165) is 21.5 Å². The van der Waals surface area contributed by atoms with Crippen LogP contribution in [0.2, 0.25) is 0 Å². The Bertz CT molecular complexity index is 632. The lowest BCUT2D eigenvalue weighted by atomic mass is 10.1. The number of aromatic nitrogens is 1. The zero-order valence-electron chi connectivity index (χ0n) is 11.4. The molecule has 2 N–H and O–H groups in total. The van der Waals surface area contributed by atoms with Crippen LogP contribution in [-0.4, -0.2) is 16.2 Å². The molecule has 6 heteroatoms. The van der Waals surface area contributed by atoms with Crippen molar-refractivity contribution in [3.8, 4) is 0 Å². The van der Waals surface area contributed by atoms with Gasteiger partial charge in [0.2, 0.25) is 0 Å². The standard InChI is InChI=1S/C14H15BrN2O3/c1-7(13-8(2)17-20-9(13)3)16-12-5-4-10(15)6-11(12)14(18)19/h4-7,16H,1-3H3,(H,18,19). The lowest BCUT2D eigenvalue weighted by Gasteiger charge is -2.17. The third kappa shape index (κ3) is 2.85. The van der Waals surface area contributed by atoms with Gasteiger partial charge in [0.05, 0.1) is 17.3 Å². The van der Waals surface area contributed by atoms with Crippen LogP contribution in [0.15, 0.2) is 27.2 Å². The molecule has 2 aromatic rings. The Hall–Kier alpha value is -1.82. The van der Waals surface area contributed by atoms with Crippen LogP contribution in [0.25, 0.3) is 0 Å². The second kappa shape index (κ2) is 5.66. The molecule has 5 nitrogen and oxygen atoms in total. The zero-order valence-corrected chi connectivity index (χ0v) is 13.0. The maximum Gasteiger partial charge on any atom is 0.337 e. The van der Waals surface area contributed by atoms with Gasteiger partial charge in [0.25, 0.3) is 0 Å². The third-order valence-electron chi connectivity index (χ3n) is 3.11. The highest BCUT2D eigenvalue weighted by molar-refractivity contribution is 9.10. The van der Waals surface area contributed by atoms with E-state index in [-0.39, 0.29) is 11.6 Å². The van der Waals surface area contributed by atoms with Crippen molar-refractivity contribution in [3.63, 3.8) is 0 Å². The van der Waals surface area contributed by atoms with Crippen molar-refractivity contribution >= 4 is 27.6 Å². The summed E-state index contributed by atoms with van der Waals surface area (Å²) in [4.78, 5) is 11.3. The Morgan fingerprint density at radius 1 is 1.45 bits per heavy atom. The molecule has 0 saturated heterocycles. The number of carboxylic acid groups (broad SMARTS) is 1. The number of carboxylic acids is 1. The van der Waals surface area contributed by atoms with Crippen molar-refractivity contribution < 1.29 is 14.4 Å². The number of hydrogen-bond acceptors (Lipinski definition) is 4. The Morgan fingerprint density at radius 3 is 2.70 bits per heavy atom. The molecule has 0 bridgehead atoms. The summed E-state index contributed by atoms with van der Waals surface area (Å²) in [7, 11) is 0. The molecule has 0 fully saturated rings. The second-order valence-electron chi connectivity index (χ2n) is 4.60. The van der Waals surface area contributed by atoms with E-state index in [1.54, 1.807) is 18.2 Å². The smallest absolute Gasteiger partial charge is 0.337 e.